The van der Waals surface area contributed by atoms with Crippen molar-refractivity contribution in [2.75, 3.05) is 0 Å². The zero-order chi connectivity index (χ0) is 20.7. The number of carbonyl (C=O) groups is 3. The van der Waals surface area contributed by atoms with Crippen LogP contribution in [0, 0.1) is 0 Å². The Morgan fingerprint density at radius 2 is 2.00 bits per heavy atom. The summed E-state index contributed by atoms with van der Waals surface area (Å²) in [5.41, 5.74) is 7.51. The third-order valence-electron chi connectivity index (χ3n) is 3.91. The van der Waals surface area contributed by atoms with Crippen molar-refractivity contribution in [2.45, 2.75) is 51.8 Å². The maximum absolute atomic E-state index is 11.8. The number of carbonyl (C=O) groups excluding carboxylic acids is 3. The number of nitrogens with one attached hydrogen (secondary N) is 2. The van der Waals surface area contributed by atoms with Gasteiger partial charge in [-0.25, -0.2) is 4.79 Å². The van der Waals surface area contributed by atoms with E-state index in [-0.39, 0.29) is 12.3 Å². The maximum Gasteiger partial charge on any atom is 0.407 e. The molecule has 1 saturated heterocycles. The topological polar surface area (TPSA) is 123 Å². The lowest BCUT2D eigenvalue weighted by atomic mass is 10.0. The van der Waals surface area contributed by atoms with E-state index in [1.165, 1.54) is 12.4 Å². The van der Waals surface area contributed by atoms with Gasteiger partial charge in [0.15, 0.2) is 0 Å². The number of alkyl carbamates (subject to hydrolysis) is 1. The lowest BCUT2D eigenvalue weighted by Gasteiger charge is -2.19. The summed E-state index contributed by atoms with van der Waals surface area (Å²) in [4.78, 5) is 38.9. The van der Waals surface area contributed by atoms with Gasteiger partial charge in [0, 0.05) is 31.0 Å². The first-order chi connectivity index (χ1) is 13.2. The second-order valence-corrected chi connectivity index (χ2v) is 7.42. The minimum absolute atomic E-state index is 0.273. The number of nitrogens with zero attached hydrogens (tertiary/aromatic N) is 1. The van der Waals surface area contributed by atoms with Gasteiger partial charge in [0.05, 0.1) is 0 Å². The first kappa shape index (κ1) is 21.1. The molecule has 150 valence electrons. The van der Waals surface area contributed by atoms with E-state index in [9.17, 15) is 14.4 Å². The molecule has 1 atom stereocenters. The van der Waals surface area contributed by atoms with Crippen LogP contribution in [0.4, 0.5) is 4.79 Å². The summed E-state index contributed by atoms with van der Waals surface area (Å²) in [6, 6.07) is 6.82. The van der Waals surface area contributed by atoms with Crippen LogP contribution < -0.4 is 16.4 Å². The minimum atomic E-state index is -0.593. The van der Waals surface area contributed by atoms with Gasteiger partial charge >= 0.3 is 6.09 Å². The predicted molar refractivity (Wildman–Crippen MR) is 106 cm³/mol. The molecule has 2 rings (SSSR count). The summed E-state index contributed by atoms with van der Waals surface area (Å²) in [7, 11) is 0. The molecule has 1 unspecified atom stereocenters. The molecule has 4 N–H and O–H groups in total. The lowest BCUT2D eigenvalue weighted by molar-refractivity contribution is -0.133. The monoisotopic (exact) mass is 386 g/mol. The molecular weight excluding hydrogens is 360 g/mol. The zero-order valence-electron chi connectivity index (χ0n) is 16.3. The average molecular weight is 386 g/mol. The number of benzene rings is 1. The molecule has 8 nitrogen and oxygen atoms in total. The fourth-order valence-corrected chi connectivity index (χ4v) is 2.51. The second kappa shape index (κ2) is 9.16. The van der Waals surface area contributed by atoms with Crippen molar-refractivity contribution in [3.63, 3.8) is 0 Å². The maximum atomic E-state index is 11.8. The normalized spacial score (nSPS) is 18.1. The van der Waals surface area contributed by atoms with Crippen LogP contribution in [0.5, 0.6) is 0 Å². The first-order valence-electron chi connectivity index (χ1n) is 9.03. The fraction of sp³-hybridized carbons (Fsp3) is 0.400. The smallest absolute Gasteiger partial charge is 0.407 e. The molecule has 1 aliphatic heterocycles. The number of ether oxygens (including phenoxy) is 1. The van der Waals surface area contributed by atoms with E-state index < -0.39 is 23.6 Å². The summed E-state index contributed by atoms with van der Waals surface area (Å²) >= 11 is 0. The van der Waals surface area contributed by atoms with Crippen LogP contribution in [-0.4, -0.2) is 35.8 Å². The van der Waals surface area contributed by atoms with Gasteiger partial charge in [-0.05, 0) is 38.3 Å². The molecule has 1 heterocycles. The van der Waals surface area contributed by atoms with Gasteiger partial charge < -0.3 is 15.8 Å². The minimum Gasteiger partial charge on any atom is -0.444 e. The molecule has 0 aliphatic carbocycles. The van der Waals surface area contributed by atoms with Crippen LogP contribution in [0.25, 0.3) is 5.57 Å². The number of nitrogens with two attached hydrogens (primary N) is 1. The summed E-state index contributed by atoms with van der Waals surface area (Å²) in [6.45, 7) is 5.75. The van der Waals surface area contributed by atoms with Crippen molar-refractivity contribution < 1.29 is 19.1 Å². The molecule has 1 aromatic carbocycles. The Labute approximate surface area is 164 Å². The molecule has 0 bridgehead atoms. The van der Waals surface area contributed by atoms with Gasteiger partial charge in [-0.15, -0.1) is 0 Å². The molecule has 0 aromatic heterocycles. The first-order valence-corrected chi connectivity index (χ1v) is 9.03. The van der Waals surface area contributed by atoms with E-state index in [1.54, 1.807) is 20.8 Å². The van der Waals surface area contributed by atoms with Gasteiger partial charge in [-0.2, -0.15) is 0 Å². The highest BCUT2D eigenvalue weighted by molar-refractivity contribution is 6.10. The molecule has 3 amide bonds. The van der Waals surface area contributed by atoms with Crippen molar-refractivity contribution in [3.8, 4) is 0 Å². The summed E-state index contributed by atoms with van der Waals surface area (Å²) in [6.07, 6.45) is 3.12. The Morgan fingerprint density at radius 3 is 2.57 bits per heavy atom. The van der Waals surface area contributed by atoms with Gasteiger partial charge in [0.1, 0.15) is 11.6 Å². The molecule has 1 aromatic rings. The SMILES string of the molecule is CC(C)(C)OC(=O)NCc1ccc(/C(C=NC2CCC(=O)NC2=O)=C/N)cc1. The summed E-state index contributed by atoms with van der Waals surface area (Å²) in [5.74, 6) is -0.672. The van der Waals surface area contributed by atoms with Crippen molar-refractivity contribution in [3.05, 3.63) is 41.6 Å². The highest BCUT2D eigenvalue weighted by Gasteiger charge is 2.25. The van der Waals surface area contributed by atoms with E-state index in [2.05, 4.69) is 15.6 Å². The van der Waals surface area contributed by atoms with E-state index >= 15 is 0 Å². The van der Waals surface area contributed by atoms with Crippen LogP contribution in [0.1, 0.15) is 44.7 Å². The van der Waals surface area contributed by atoms with Gasteiger partial charge in [0.2, 0.25) is 5.91 Å². The molecule has 8 heteroatoms. The number of allylic oxidation sites excluding steroid dienone is 1. The number of amides is 3. The lowest BCUT2D eigenvalue weighted by Crippen LogP contribution is -2.43. The number of imide groups is 1. The van der Waals surface area contributed by atoms with E-state index in [4.69, 9.17) is 10.5 Å². The number of piperidine rings is 1. The molecule has 0 saturated carbocycles. The highest BCUT2D eigenvalue weighted by atomic mass is 16.6. The Hall–Kier alpha value is -3.16. The highest BCUT2D eigenvalue weighted by Crippen LogP contribution is 2.15. The fourth-order valence-electron chi connectivity index (χ4n) is 2.51. The van der Waals surface area contributed by atoms with Crippen LogP contribution in [0.3, 0.4) is 0 Å². The number of hydrogen-bond donors (Lipinski definition) is 3. The summed E-state index contributed by atoms with van der Waals surface area (Å²) < 4.78 is 5.20. The van der Waals surface area contributed by atoms with Gasteiger partial charge in [0.25, 0.3) is 5.91 Å². The summed E-state index contributed by atoms with van der Waals surface area (Å²) in [5, 5.41) is 4.96. The standard InChI is InChI=1S/C20H26N4O4/c1-20(2,3)28-19(27)23-11-13-4-6-14(7-5-13)15(10-21)12-22-16-8-9-17(25)24-18(16)26/h4-7,10,12,16H,8-9,11,21H2,1-3H3,(H,23,27)(H,24,25,26)/b15-10+,22-12?. The quantitative estimate of drug-likeness (QED) is 0.527. The number of hydrogen-bond acceptors (Lipinski definition) is 6. The van der Waals surface area contributed by atoms with Crippen LogP contribution in [-0.2, 0) is 20.9 Å². The Balaban J connectivity index is 1.95. The van der Waals surface area contributed by atoms with E-state index in [1.807, 2.05) is 24.3 Å². The molecule has 1 fully saturated rings. The Kier molecular flexibility index (Phi) is 6.92. The molecule has 28 heavy (non-hydrogen) atoms. The molecule has 0 radical (unpaired) electrons. The van der Waals surface area contributed by atoms with E-state index in [0.717, 1.165) is 11.1 Å². The van der Waals surface area contributed by atoms with E-state index in [0.29, 0.717) is 18.5 Å². The van der Waals surface area contributed by atoms with Crippen LogP contribution in [0.15, 0.2) is 35.5 Å². The molecule has 0 spiro atoms. The van der Waals surface area contributed by atoms with Crippen molar-refractivity contribution in [2.24, 2.45) is 10.7 Å². The predicted octanol–water partition coefficient (Wildman–Crippen LogP) is 1.89. The van der Waals surface area contributed by atoms with Gasteiger partial charge in [-0.3, -0.25) is 19.9 Å². The van der Waals surface area contributed by atoms with Crippen LogP contribution >= 0.6 is 0 Å². The second-order valence-electron chi connectivity index (χ2n) is 7.42. The zero-order valence-corrected chi connectivity index (χ0v) is 16.3. The van der Waals surface area contributed by atoms with Crippen molar-refractivity contribution in [1.29, 1.82) is 0 Å². The van der Waals surface area contributed by atoms with Crippen molar-refractivity contribution >= 4 is 29.7 Å². The average Bonchev–Trinajstić information content (AvgIpc) is 2.61. The van der Waals surface area contributed by atoms with Crippen molar-refractivity contribution in [1.82, 2.24) is 10.6 Å². The molecule has 1 aliphatic rings. The largest absolute Gasteiger partial charge is 0.444 e. The molecular formula is C20H26N4O4. The third-order valence-corrected chi connectivity index (χ3v) is 3.91. The van der Waals surface area contributed by atoms with Crippen LogP contribution in [0.2, 0.25) is 0 Å². The number of aliphatic imine (C=N–C) groups is 1. The Morgan fingerprint density at radius 1 is 1.32 bits per heavy atom. The number of rotatable bonds is 5. The Bertz CT molecular complexity index is 791. The third kappa shape index (κ3) is 6.53. The van der Waals surface area contributed by atoms with Gasteiger partial charge in [-0.1, -0.05) is 24.3 Å².